The number of carbonyl (C=O) groups is 1. The van der Waals surface area contributed by atoms with E-state index in [9.17, 15) is 4.79 Å². The summed E-state index contributed by atoms with van der Waals surface area (Å²) in [6, 6.07) is 17.3. The van der Waals surface area contributed by atoms with Crippen molar-refractivity contribution in [3.05, 3.63) is 65.7 Å². The van der Waals surface area contributed by atoms with Gasteiger partial charge in [0.05, 0.1) is 18.4 Å². The Bertz CT molecular complexity index is 1250. The molecule has 0 radical (unpaired) electrons. The number of hydrogen-bond acceptors (Lipinski definition) is 6. The van der Waals surface area contributed by atoms with Crippen molar-refractivity contribution in [3.63, 3.8) is 0 Å². The molecule has 0 aliphatic rings. The average molecular weight is 431 g/mol. The number of rotatable bonds is 7. The van der Waals surface area contributed by atoms with Gasteiger partial charge >= 0.3 is 0 Å². The van der Waals surface area contributed by atoms with E-state index in [0.717, 1.165) is 23.4 Å². The van der Waals surface area contributed by atoms with Crippen LogP contribution in [0.3, 0.4) is 0 Å². The van der Waals surface area contributed by atoms with Gasteiger partial charge in [0, 0.05) is 24.2 Å². The number of amides is 1. The number of methoxy groups -OCH3 is 1. The lowest BCUT2D eigenvalue weighted by molar-refractivity contribution is 0.0948. The van der Waals surface area contributed by atoms with E-state index in [-0.39, 0.29) is 5.91 Å². The fraction of sp³-hybridized carbons (Fsp3) is 0.250. The molecular weight excluding hydrogens is 404 g/mol. The van der Waals surface area contributed by atoms with E-state index in [0.29, 0.717) is 29.3 Å². The molecule has 8 heteroatoms. The zero-order chi connectivity index (χ0) is 22.7. The van der Waals surface area contributed by atoms with Gasteiger partial charge in [-0.3, -0.25) is 4.79 Å². The van der Waals surface area contributed by atoms with Crippen molar-refractivity contribution in [1.29, 1.82) is 0 Å². The number of benzene rings is 2. The Morgan fingerprint density at radius 2 is 1.78 bits per heavy atom. The molecule has 32 heavy (non-hydrogen) atoms. The minimum absolute atomic E-state index is 0.167. The van der Waals surface area contributed by atoms with Crippen LogP contribution in [0.15, 0.2) is 54.6 Å². The van der Waals surface area contributed by atoms with Crippen molar-refractivity contribution >= 4 is 11.6 Å². The predicted octanol–water partition coefficient (Wildman–Crippen LogP) is 3.07. The van der Waals surface area contributed by atoms with Gasteiger partial charge in [-0.15, -0.1) is 10.2 Å². The molecule has 8 nitrogen and oxygen atoms in total. The first-order chi connectivity index (χ1) is 15.5. The van der Waals surface area contributed by atoms with Crippen LogP contribution in [0.5, 0.6) is 5.75 Å². The van der Waals surface area contributed by atoms with E-state index >= 15 is 0 Å². The monoisotopic (exact) mass is 430 g/mol. The fourth-order valence-corrected chi connectivity index (χ4v) is 3.35. The fourth-order valence-electron chi connectivity index (χ4n) is 3.35. The standard InChI is InChI=1S/C24H26N6O2/c1-16-5-7-17(8-6-16)23-27-26-22-12-11-20(28-30(22)23)18-9-10-19(21(15-18)32-4)24(31)25-13-14-29(2)3/h5-12,15H,13-14H2,1-4H3,(H,25,31). The number of likely N-dealkylation sites (N-methyl/N-ethyl adjacent to an activating group) is 1. The van der Waals surface area contributed by atoms with Crippen molar-refractivity contribution in [2.45, 2.75) is 6.92 Å². The molecule has 0 aliphatic heterocycles. The van der Waals surface area contributed by atoms with Gasteiger partial charge in [0.25, 0.3) is 5.91 Å². The van der Waals surface area contributed by atoms with Gasteiger partial charge in [-0.1, -0.05) is 35.9 Å². The molecule has 2 aromatic heterocycles. The first-order valence-corrected chi connectivity index (χ1v) is 10.4. The molecule has 4 rings (SSSR count). The average Bonchev–Trinajstić information content (AvgIpc) is 3.22. The summed E-state index contributed by atoms with van der Waals surface area (Å²) in [5.41, 5.74) is 4.82. The highest BCUT2D eigenvalue weighted by atomic mass is 16.5. The smallest absolute Gasteiger partial charge is 0.255 e. The number of nitrogens with zero attached hydrogens (tertiary/aromatic N) is 5. The molecule has 2 aromatic carbocycles. The van der Waals surface area contributed by atoms with Gasteiger partial charge in [0.2, 0.25) is 0 Å². The van der Waals surface area contributed by atoms with Crippen LogP contribution >= 0.6 is 0 Å². The number of ether oxygens (including phenoxy) is 1. The number of aryl methyl sites for hydroxylation is 1. The molecular formula is C24H26N6O2. The topological polar surface area (TPSA) is 84.6 Å². The van der Waals surface area contributed by atoms with E-state index in [2.05, 4.69) is 15.5 Å². The summed E-state index contributed by atoms with van der Waals surface area (Å²) in [6.45, 7) is 3.37. The molecule has 0 bridgehead atoms. The van der Waals surface area contributed by atoms with Crippen molar-refractivity contribution in [2.75, 3.05) is 34.3 Å². The number of aromatic nitrogens is 4. The summed E-state index contributed by atoms with van der Waals surface area (Å²) in [5.74, 6) is 0.999. The van der Waals surface area contributed by atoms with Gasteiger partial charge in [-0.25, -0.2) is 0 Å². The molecule has 0 aliphatic carbocycles. The van der Waals surface area contributed by atoms with Gasteiger partial charge in [0.15, 0.2) is 11.5 Å². The zero-order valence-electron chi connectivity index (χ0n) is 18.7. The number of nitrogens with one attached hydrogen (secondary N) is 1. The third kappa shape index (κ3) is 4.45. The molecule has 0 fully saturated rings. The Balaban J connectivity index is 1.66. The highest BCUT2D eigenvalue weighted by Gasteiger charge is 2.15. The quantitative estimate of drug-likeness (QED) is 0.485. The van der Waals surface area contributed by atoms with Gasteiger partial charge in [-0.05, 0) is 45.3 Å². The van der Waals surface area contributed by atoms with Crippen LogP contribution in [0.1, 0.15) is 15.9 Å². The predicted molar refractivity (Wildman–Crippen MR) is 124 cm³/mol. The molecule has 0 saturated carbocycles. The molecule has 2 heterocycles. The van der Waals surface area contributed by atoms with Crippen molar-refractivity contribution in [2.24, 2.45) is 0 Å². The lowest BCUT2D eigenvalue weighted by Gasteiger charge is -2.13. The molecule has 4 aromatic rings. The summed E-state index contributed by atoms with van der Waals surface area (Å²) in [5, 5.41) is 16.2. The SMILES string of the molecule is COc1cc(-c2ccc3nnc(-c4ccc(C)cc4)n3n2)ccc1C(=O)NCCN(C)C. The number of fused-ring (bicyclic) bond motifs is 1. The van der Waals surface area contributed by atoms with E-state index < -0.39 is 0 Å². The number of hydrogen-bond donors (Lipinski definition) is 1. The molecule has 0 unspecified atom stereocenters. The highest BCUT2D eigenvalue weighted by Crippen LogP contribution is 2.27. The number of carbonyl (C=O) groups excluding carboxylic acids is 1. The second kappa shape index (κ2) is 9.15. The second-order valence-corrected chi connectivity index (χ2v) is 7.85. The largest absolute Gasteiger partial charge is 0.496 e. The van der Waals surface area contributed by atoms with Crippen LogP contribution in [0.2, 0.25) is 0 Å². The van der Waals surface area contributed by atoms with E-state index in [1.54, 1.807) is 17.7 Å². The molecule has 0 spiro atoms. The van der Waals surface area contributed by atoms with Crippen LogP contribution in [0.25, 0.3) is 28.3 Å². The minimum Gasteiger partial charge on any atom is -0.496 e. The van der Waals surface area contributed by atoms with Gasteiger partial charge in [-0.2, -0.15) is 9.61 Å². The molecule has 1 amide bonds. The summed E-state index contributed by atoms with van der Waals surface area (Å²) in [6.07, 6.45) is 0. The minimum atomic E-state index is -0.167. The van der Waals surface area contributed by atoms with Crippen LogP contribution in [0.4, 0.5) is 0 Å². The Kier molecular flexibility index (Phi) is 6.13. The van der Waals surface area contributed by atoms with E-state index in [4.69, 9.17) is 9.84 Å². The van der Waals surface area contributed by atoms with Crippen LogP contribution in [-0.4, -0.2) is 64.9 Å². The van der Waals surface area contributed by atoms with Crippen molar-refractivity contribution < 1.29 is 9.53 Å². The maximum absolute atomic E-state index is 12.6. The summed E-state index contributed by atoms with van der Waals surface area (Å²) in [7, 11) is 5.48. The lowest BCUT2D eigenvalue weighted by Crippen LogP contribution is -2.31. The zero-order valence-corrected chi connectivity index (χ0v) is 18.7. The highest BCUT2D eigenvalue weighted by molar-refractivity contribution is 5.97. The Morgan fingerprint density at radius 1 is 1.03 bits per heavy atom. The van der Waals surface area contributed by atoms with E-state index in [1.165, 1.54) is 5.56 Å². The lowest BCUT2D eigenvalue weighted by atomic mass is 10.1. The Morgan fingerprint density at radius 3 is 2.50 bits per heavy atom. The maximum atomic E-state index is 12.6. The molecule has 0 atom stereocenters. The Labute approximate surface area is 186 Å². The van der Waals surface area contributed by atoms with Crippen LogP contribution in [0, 0.1) is 6.92 Å². The second-order valence-electron chi connectivity index (χ2n) is 7.85. The van der Waals surface area contributed by atoms with E-state index in [1.807, 2.05) is 74.4 Å². The molecule has 0 saturated heterocycles. The third-order valence-electron chi connectivity index (χ3n) is 5.16. The summed E-state index contributed by atoms with van der Waals surface area (Å²) < 4.78 is 7.23. The summed E-state index contributed by atoms with van der Waals surface area (Å²) >= 11 is 0. The molecule has 1 N–H and O–H groups in total. The summed E-state index contributed by atoms with van der Waals surface area (Å²) in [4.78, 5) is 14.6. The normalized spacial score (nSPS) is 11.2. The van der Waals surface area contributed by atoms with Crippen molar-refractivity contribution in [1.82, 2.24) is 30.0 Å². The third-order valence-corrected chi connectivity index (χ3v) is 5.16. The first kappa shape index (κ1) is 21.5. The van der Waals surface area contributed by atoms with Gasteiger partial charge in [0.1, 0.15) is 5.75 Å². The van der Waals surface area contributed by atoms with Crippen LogP contribution < -0.4 is 10.1 Å². The maximum Gasteiger partial charge on any atom is 0.255 e. The first-order valence-electron chi connectivity index (χ1n) is 10.4. The Hall–Kier alpha value is -3.78. The molecule has 164 valence electrons. The van der Waals surface area contributed by atoms with Crippen molar-refractivity contribution in [3.8, 4) is 28.4 Å². The van der Waals surface area contributed by atoms with Gasteiger partial charge < -0.3 is 15.0 Å². The van der Waals surface area contributed by atoms with Crippen LogP contribution in [-0.2, 0) is 0 Å².